The number of hydrogen-bond acceptors (Lipinski definition) is 4. The van der Waals surface area contributed by atoms with Gasteiger partial charge in [-0.05, 0) is 32.0 Å². The number of imide groups is 1. The minimum absolute atomic E-state index is 0.0770. The first-order valence-corrected chi connectivity index (χ1v) is 8.99. The van der Waals surface area contributed by atoms with Crippen molar-refractivity contribution in [1.82, 2.24) is 24.9 Å². The van der Waals surface area contributed by atoms with Gasteiger partial charge in [-0.1, -0.05) is 31.0 Å². The monoisotopic (exact) mass is 353 g/mol. The van der Waals surface area contributed by atoms with E-state index in [9.17, 15) is 9.59 Å². The molecule has 0 radical (unpaired) electrons. The summed E-state index contributed by atoms with van der Waals surface area (Å²) >= 11 is 0. The molecule has 0 bridgehead atoms. The molecule has 136 valence electrons. The van der Waals surface area contributed by atoms with Crippen molar-refractivity contribution in [1.29, 1.82) is 0 Å². The summed E-state index contributed by atoms with van der Waals surface area (Å²) in [6.07, 6.45) is 7.27. The van der Waals surface area contributed by atoms with Crippen LogP contribution in [0.5, 0.6) is 0 Å². The molecule has 1 aromatic heterocycles. The molecule has 2 aliphatic rings. The van der Waals surface area contributed by atoms with E-state index in [1.807, 2.05) is 59.4 Å². The lowest BCUT2D eigenvalue weighted by Crippen LogP contribution is -2.45. The maximum atomic E-state index is 12.7. The molecule has 26 heavy (non-hydrogen) atoms. The van der Waals surface area contributed by atoms with Crippen molar-refractivity contribution in [3.63, 3.8) is 0 Å². The molecule has 3 amide bonds. The highest BCUT2D eigenvalue weighted by Gasteiger charge is 2.52. The summed E-state index contributed by atoms with van der Waals surface area (Å²) in [6.45, 7) is 0.889. The topological polar surface area (TPSA) is 70.5 Å². The van der Waals surface area contributed by atoms with Crippen LogP contribution >= 0.6 is 0 Å². The highest BCUT2D eigenvalue weighted by molar-refractivity contribution is 6.07. The number of nitrogens with zero attached hydrogens (tertiary/aromatic N) is 4. The highest BCUT2D eigenvalue weighted by Crippen LogP contribution is 2.35. The molecule has 4 rings (SSSR count). The summed E-state index contributed by atoms with van der Waals surface area (Å²) in [5.74, 6) is -0.0770. The first-order valence-electron chi connectivity index (χ1n) is 8.99. The van der Waals surface area contributed by atoms with Gasteiger partial charge >= 0.3 is 6.03 Å². The van der Waals surface area contributed by atoms with E-state index >= 15 is 0 Å². The van der Waals surface area contributed by atoms with E-state index < -0.39 is 5.54 Å². The van der Waals surface area contributed by atoms with Crippen molar-refractivity contribution in [2.24, 2.45) is 0 Å². The second kappa shape index (κ2) is 6.57. The fourth-order valence-electron chi connectivity index (χ4n) is 3.89. The van der Waals surface area contributed by atoms with Gasteiger partial charge in [0.25, 0.3) is 5.91 Å². The van der Waals surface area contributed by atoms with E-state index in [0.717, 1.165) is 36.9 Å². The molecular formula is C19H23N5O2. The molecular weight excluding hydrogens is 330 g/mol. The van der Waals surface area contributed by atoms with Gasteiger partial charge in [-0.25, -0.2) is 14.4 Å². The average Bonchev–Trinajstić information content (AvgIpc) is 3.34. The zero-order valence-electron chi connectivity index (χ0n) is 14.9. The van der Waals surface area contributed by atoms with Gasteiger partial charge in [0.15, 0.2) is 0 Å². The summed E-state index contributed by atoms with van der Waals surface area (Å²) in [6, 6.07) is 9.63. The van der Waals surface area contributed by atoms with Crippen LogP contribution in [-0.4, -0.2) is 50.8 Å². The highest BCUT2D eigenvalue weighted by atomic mass is 16.2. The molecule has 1 saturated carbocycles. The van der Waals surface area contributed by atoms with Gasteiger partial charge in [0.1, 0.15) is 5.54 Å². The quantitative estimate of drug-likeness (QED) is 0.836. The molecule has 2 aromatic rings. The van der Waals surface area contributed by atoms with Crippen LogP contribution < -0.4 is 5.32 Å². The Morgan fingerprint density at radius 1 is 1.19 bits per heavy atom. The number of carbonyl (C=O) groups is 2. The number of nitrogens with one attached hydrogen (secondary N) is 1. The maximum absolute atomic E-state index is 12.7. The second-order valence-corrected chi connectivity index (χ2v) is 7.24. The molecule has 0 unspecified atom stereocenters. The Morgan fingerprint density at radius 2 is 1.92 bits per heavy atom. The van der Waals surface area contributed by atoms with Crippen LogP contribution in [0.1, 0.15) is 31.2 Å². The van der Waals surface area contributed by atoms with Crippen molar-refractivity contribution >= 4 is 11.9 Å². The van der Waals surface area contributed by atoms with E-state index in [1.54, 1.807) is 0 Å². The van der Waals surface area contributed by atoms with Gasteiger partial charge in [-0.2, -0.15) is 5.10 Å². The summed E-state index contributed by atoms with van der Waals surface area (Å²) in [7, 11) is 1.90. The molecule has 2 heterocycles. The van der Waals surface area contributed by atoms with Crippen LogP contribution in [0.2, 0.25) is 0 Å². The minimum Gasteiger partial charge on any atom is -0.323 e. The standard InChI is InChI=1S/C19H23N5O2/c1-22(12-15-11-20-24(13-15)16-7-3-2-4-8-16)14-23-17(25)19(21-18(23)26)9-5-6-10-19/h2-4,7-8,11,13H,5-6,9-10,12,14H2,1H3,(H,21,26). The third-order valence-electron chi connectivity index (χ3n) is 5.20. The van der Waals surface area contributed by atoms with Crippen molar-refractivity contribution in [3.05, 3.63) is 48.3 Å². The molecule has 0 atom stereocenters. The number of hydrogen-bond donors (Lipinski definition) is 1. The lowest BCUT2D eigenvalue weighted by molar-refractivity contribution is -0.132. The van der Waals surface area contributed by atoms with Gasteiger partial charge in [0.2, 0.25) is 0 Å². The van der Waals surface area contributed by atoms with Crippen LogP contribution in [0.25, 0.3) is 5.69 Å². The van der Waals surface area contributed by atoms with Crippen molar-refractivity contribution in [2.75, 3.05) is 13.7 Å². The maximum Gasteiger partial charge on any atom is 0.326 e. The van der Waals surface area contributed by atoms with Gasteiger partial charge in [-0.3, -0.25) is 9.69 Å². The van der Waals surface area contributed by atoms with Crippen LogP contribution in [0.15, 0.2) is 42.7 Å². The smallest absolute Gasteiger partial charge is 0.323 e. The summed E-state index contributed by atoms with van der Waals surface area (Å²) in [5, 5.41) is 7.31. The summed E-state index contributed by atoms with van der Waals surface area (Å²) in [4.78, 5) is 28.3. The van der Waals surface area contributed by atoms with Crippen molar-refractivity contribution in [3.8, 4) is 5.69 Å². The predicted octanol–water partition coefficient (Wildman–Crippen LogP) is 2.13. The van der Waals surface area contributed by atoms with E-state index in [2.05, 4.69) is 10.4 Å². The Morgan fingerprint density at radius 3 is 2.65 bits per heavy atom. The van der Waals surface area contributed by atoms with Gasteiger partial charge < -0.3 is 5.32 Å². The number of para-hydroxylation sites is 1. The number of amides is 3. The van der Waals surface area contributed by atoms with Crippen molar-refractivity contribution in [2.45, 2.75) is 37.8 Å². The lowest BCUT2D eigenvalue weighted by Gasteiger charge is -2.23. The molecule has 1 saturated heterocycles. The second-order valence-electron chi connectivity index (χ2n) is 7.24. The van der Waals surface area contributed by atoms with Crippen molar-refractivity contribution < 1.29 is 9.59 Å². The first-order chi connectivity index (χ1) is 12.6. The van der Waals surface area contributed by atoms with Crippen LogP contribution in [0, 0.1) is 0 Å². The number of urea groups is 1. The van der Waals surface area contributed by atoms with Gasteiger partial charge in [0, 0.05) is 18.3 Å². The van der Waals surface area contributed by atoms with Crippen LogP contribution in [0.4, 0.5) is 4.79 Å². The molecule has 1 aliphatic carbocycles. The number of aromatic nitrogens is 2. The number of rotatable bonds is 5. The molecule has 1 spiro atoms. The first kappa shape index (κ1) is 16.8. The normalized spacial score (nSPS) is 18.9. The van der Waals surface area contributed by atoms with E-state index in [-0.39, 0.29) is 18.6 Å². The molecule has 7 nitrogen and oxygen atoms in total. The number of benzene rings is 1. The summed E-state index contributed by atoms with van der Waals surface area (Å²) < 4.78 is 1.82. The SMILES string of the molecule is CN(Cc1cnn(-c2ccccc2)c1)CN1C(=O)NC2(CCCC2)C1=O. The van der Waals surface area contributed by atoms with Crippen LogP contribution in [0.3, 0.4) is 0 Å². The van der Waals surface area contributed by atoms with E-state index in [1.165, 1.54) is 4.90 Å². The lowest BCUT2D eigenvalue weighted by atomic mass is 9.98. The zero-order valence-corrected chi connectivity index (χ0v) is 14.9. The minimum atomic E-state index is -0.643. The van der Waals surface area contributed by atoms with E-state index in [4.69, 9.17) is 0 Å². The third kappa shape index (κ3) is 2.99. The average molecular weight is 353 g/mol. The number of carbonyl (C=O) groups excluding carboxylic acids is 2. The molecule has 2 fully saturated rings. The fourth-order valence-corrected chi connectivity index (χ4v) is 3.89. The van der Waals surface area contributed by atoms with Gasteiger partial charge in [-0.15, -0.1) is 0 Å². The Labute approximate surface area is 152 Å². The Kier molecular flexibility index (Phi) is 4.24. The third-order valence-corrected chi connectivity index (χ3v) is 5.20. The molecule has 1 aromatic carbocycles. The Bertz CT molecular complexity index is 810. The Balaban J connectivity index is 1.40. The largest absolute Gasteiger partial charge is 0.326 e. The zero-order chi connectivity index (χ0) is 18.1. The molecule has 1 N–H and O–H groups in total. The van der Waals surface area contributed by atoms with Gasteiger partial charge in [0.05, 0.1) is 18.6 Å². The van der Waals surface area contributed by atoms with E-state index in [0.29, 0.717) is 6.54 Å². The Hall–Kier alpha value is -2.67. The van der Waals surface area contributed by atoms with Crippen LogP contribution in [-0.2, 0) is 11.3 Å². The predicted molar refractivity (Wildman–Crippen MR) is 96.5 cm³/mol. The molecule has 1 aliphatic heterocycles. The molecule has 7 heteroatoms. The fraction of sp³-hybridized carbons (Fsp3) is 0.421. The summed E-state index contributed by atoms with van der Waals surface area (Å²) in [5.41, 5.74) is 1.38.